The second-order valence-corrected chi connectivity index (χ2v) is 6.82. The fourth-order valence-electron chi connectivity index (χ4n) is 2.97. The molecule has 8 heteroatoms. The average Bonchev–Trinajstić information content (AvgIpc) is 3.20. The number of amides is 1. The lowest BCUT2D eigenvalue weighted by Gasteiger charge is -2.14. The van der Waals surface area contributed by atoms with Crippen molar-refractivity contribution in [1.29, 1.82) is 0 Å². The van der Waals surface area contributed by atoms with Gasteiger partial charge in [0.25, 0.3) is 0 Å². The van der Waals surface area contributed by atoms with Crippen molar-refractivity contribution in [2.24, 2.45) is 0 Å². The molecule has 0 aromatic carbocycles. The van der Waals surface area contributed by atoms with Crippen molar-refractivity contribution < 1.29 is 18.0 Å². The second-order valence-electron chi connectivity index (χ2n) is 5.84. The highest BCUT2D eigenvalue weighted by Crippen LogP contribution is 2.35. The van der Waals surface area contributed by atoms with E-state index in [0.717, 1.165) is 17.7 Å². The molecular weight excluding hydrogens is 351 g/mol. The Morgan fingerprint density at radius 2 is 2.16 bits per heavy atom. The standard InChI is InChI=1S/C17H18F3N3OS/c18-17(19,20)16-13-5-1-2-6-14(13)23(22-16)10-9-21-15(24)8-7-12-4-3-11-25-12/h3-4,7-8,11H,1-2,5-6,9-10H2,(H,21,24)/b8-7+. The minimum absolute atomic E-state index is 0.233. The molecule has 0 aliphatic heterocycles. The smallest absolute Gasteiger partial charge is 0.351 e. The number of carbonyl (C=O) groups excluding carboxylic acids is 1. The summed E-state index contributed by atoms with van der Waals surface area (Å²) in [4.78, 5) is 12.7. The monoisotopic (exact) mass is 369 g/mol. The summed E-state index contributed by atoms with van der Waals surface area (Å²) in [5.41, 5.74) is 0.204. The fraction of sp³-hybridized carbons (Fsp3) is 0.412. The molecule has 0 spiro atoms. The highest BCUT2D eigenvalue weighted by molar-refractivity contribution is 7.10. The molecule has 0 saturated carbocycles. The van der Waals surface area contributed by atoms with Gasteiger partial charge in [0.1, 0.15) is 0 Å². The topological polar surface area (TPSA) is 46.9 Å². The lowest BCUT2D eigenvalue weighted by atomic mass is 9.95. The van der Waals surface area contributed by atoms with E-state index in [1.165, 1.54) is 22.1 Å². The Kier molecular flexibility index (Phi) is 5.27. The first kappa shape index (κ1) is 17.7. The summed E-state index contributed by atoms with van der Waals surface area (Å²) in [6, 6.07) is 3.78. The van der Waals surface area contributed by atoms with Gasteiger partial charge in [-0.2, -0.15) is 18.3 Å². The molecule has 25 heavy (non-hydrogen) atoms. The number of carbonyl (C=O) groups is 1. The number of hydrogen-bond acceptors (Lipinski definition) is 3. The quantitative estimate of drug-likeness (QED) is 0.818. The second kappa shape index (κ2) is 7.43. The maximum absolute atomic E-state index is 13.1. The highest BCUT2D eigenvalue weighted by Gasteiger charge is 2.39. The Morgan fingerprint density at radius 1 is 1.36 bits per heavy atom. The molecule has 1 aliphatic carbocycles. The Balaban J connectivity index is 1.61. The molecule has 0 radical (unpaired) electrons. The van der Waals surface area contributed by atoms with Crippen molar-refractivity contribution in [1.82, 2.24) is 15.1 Å². The average molecular weight is 369 g/mol. The third-order valence-electron chi connectivity index (χ3n) is 4.09. The van der Waals surface area contributed by atoms with Gasteiger partial charge >= 0.3 is 6.18 Å². The minimum Gasteiger partial charge on any atom is -0.351 e. The summed E-state index contributed by atoms with van der Waals surface area (Å²) in [6.45, 7) is 0.468. The first-order chi connectivity index (χ1) is 11.9. The maximum atomic E-state index is 13.1. The van der Waals surface area contributed by atoms with Gasteiger partial charge in [0.05, 0.1) is 6.54 Å². The molecule has 2 aromatic heterocycles. The SMILES string of the molecule is O=C(/C=C/c1cccs1)NCCn1nc(C(F)(F)F)c2c1CCCC2. The third kappa shape index (κ3) is 4.31. The third-order valence-corrected chi connectivity index (χ3v) is 4.93. The number of fused-ring (bicyclic) bond motifs is 1. The highest BCUT2D eigenvalue weighted by atomic mass is 32.1. The van der Waals surface area contributed by atoms with Crippen LogP contribution in [0.25, 0.3) is 6.08 Å². The number of alkyl halides is 3. The van der Waals surface area contributed by atoms with Crippen LogP contribution in [0.1, 0.15) is 34.7 Å². The van der Waals surface area contributed by atoms with E-state index in [1.807, 2.05) is 17.5 Å². The van der Waals surface area contributed by atoms with Crippen LogP contribution in [-0.2, 0) is 30.4 Å². The van der Waals surface area contributed by atoms with Crippen LogP contribution in [0, 0.1) is 0 Å². The number of hydrogen-bond donors (Lipinski definition) is 1. The number of nitrogens with zero attached hydrogens (tertiary/aromatic N) is 2. The van der Waals surface area contributed by atoms with Crippen LogP contribution < -0.4 is 5.32 Å². The van der Waals surface area contributed by atoms with Gasteiger partial charge in [-0.05, 0) is 43.2 Å². The number of nitrogens with one attached hydrogen (secondary N) is 1. The molecule has 0 atom stereocenters. The van der Waals surface area contributed by atoms with Crippen molar-refractivity contribution in [3.05, 3.63) is 45.4 Å². The van der Waals surface area contributed by atoms with E-state index in [-0.39, 0.29) is 19.0 Å². The van der Waals surface area contributed by atoms with Crippen molar-refractivity contribution in [2.75, 3.05) is 6.54 Å². The summed E-state index contributed by atoms with van der Waals surface area (Å²) in [5.74, 6) is -0.273. The van der Waals surface area contributed by atoms with Crippen molar-refractivity contribution in [3.63, 3.8) is 0 Å². The van der Waals surface area contributed by atoms with E-state index in [0.29, 0.717) is 24.1 Å². The molecule has 2 aromatic rings. The zero-order valence-corrected chi connectivity index (χ0v) is 14.3. The Labute approximate surface area is 147 Å². The number of rotatable bonds is 5. The molecule has 0 bridgehead atoms. The van der Waals surface area contributed by atoms with Crippen LogP contribution in [0.15, 0.2) is 23.6 Å². The van der Waals surface area contributed by atoms with Gasteiger partial charge in [0.15, 0.2) is 5.69 Å². The number of halogens is 3. The van der Waals surface area contributed by atoms with Gasteiger partial charge < -0.3 is 5.32 Å². The molecule has 1 N–H and O–H groups in total. The predicted octanol–water partition coefficient (Wildman–Crippen LogP) is 3.67. The lowest BCUT2D eigenvalue weighted by Crippen LogP contribution is -2.26. The van der Waals surface area contributed by atoms with E-state index >= 15 is 0 Å². The summed E-state index contributed by atoms with van der Waals surface area (Å²) in [5, 5.41) is 8.37. The summed E-state index contributed by atoms with van der Waals surface area (Å²) in [7, 11) is 0. The van der Waals surface area contributed by atoms with Gasteiger partial charge in [-0.15, -0.1) is 11.3 Å². The molecule has 1 amide bonds. The van der Waals surface area contributed by atoms with E-state index < -0.39 is 11.9 Å². The molecule has 1 aliphatic rings. The normalized spacial score (nSPS) is 14.7. The fourth-order valence-corrected chi connectivity index (χ4v) is 3.59. The van der Waals surface area contributed by atoms with Gasteiger partial charge in [0.2, 0.25) is 5.91 Å². The molecule has 3 rings (SSSR count). The van der Waals surface area contributed by atoms with Crippen LogP contribution in [0.2, 0.25) is 0 Å². The van der Waals surface area contributed by atoms with Crippen LogP contribution in [0.3, 0.4) is 0 Å². The molecule has 2 heterocycles. The maximum Gasteiger partial charge on any atom is 0.435 e. The number of aromatic nitrogens is 2. The van der Waals surface area contributed by atoms with Crippen molar-refractivity contribution in [2.45, 2.75) is 38.4 Å². The summed E-state index contributed by atoms with van der Waals surface area (Å²) in [6.07, 6.45) is 1.34. The summed E-state index contributed by atoms with van der Waals surface area (Å²) < 4.78 is 40.8. The van der Waals surface area contributed by atoms with Crippen LogP contribution in [-0.4, -0.2) is 22.2 Å². The van der Waals surface area contributed by atoms with E-state index in [4.69, 9.17) is 0 Å². The van der Waals surface area contributed by atoms with Crippen LogP contribution in [0.4, 0.5) is 13.2 Å². The molecular formula is C17H18F3N3OS. The van der Waals surface area contributed by atoms with E-state index in [2.05, 4.69) is 10.4 Å². The van der Waals surface area contributed by atoms with E-state index in [9.17, 15) is 18.0 Å². The molecule has 4 nitrogen and oxygen atoms in total. The van der Waals surface area contributed by atoms with Crippen LogP contribution in [0.5, 0.6) is 0 Å². The Bertz CT molecular complexity index is 763. The lowest BCUT2D eigenvalue weighted by molar-refractivity contribution is -0.142. The summed E-state index contributed by atoms with van der Waals surface area (Å²) >= 11 is 1.52. The van der Waals surface area contributed by atoms with Gasteiger partial charge in [-0.3, -0.25) is 9.48 Å². The minimum atomic E-state index is -4.43. The van der Waals surface area contributed by atoms with E-state index in [1.54, 1.807) is 6.08 Å². The largest absolute Gasteiger partial charge is 0.435 e. The first-order valence-corrected chi connectivity index (χ1v) is 8.98. The molecule has 0 unspecified atom stereocenters. The first-order valence-electron chi connectivity index (χ1n) is 8.10. The van der Waals surface area contributed by atoms with Gasteiger partial charge in [-0.25, -0.2) is 0 Å². The van der Waals surface area contributed by atoms with Crippen LogP contribution >= 0.6 is 11.3 Å². The molecule has 134 valence electrons. The Hall–Kier alpha value is -2.09. The van der Waals surface area contributed by atoms with Gasteiger partial charge in [-0.1, -0.05) is 6.07 Å². The predicted molar refractivity (Wildman–Crippen MR) is 90.2 cm³/mol. The number of thiophene rings is 1. The van der Waals surface area contributed by atoms with Crippen molar-refractivity contribution in [3.8, 4) is 0 Å². The van der Waals surface area contributed by atoms with Gasteiger partial charge in [0, 0.05) is 28.8 Å². The molecule has 0 fully saturated rings. The molecule has 0 saturated heterocycles. The van der Waals surface area contributed by atoms with Crippen molar-refractivity contribution >= 4 is 23.3 Å². The zero-order valence-electron chi connectivity index (χ0n) is 13.5. The zero-order chi connectivity index (χ0) is 17.9. The Morgan fingerprint density at radius 3 is 2.88 bits per heavy atom.